The maximum Gasteiger partial charge on any atom is 0.0681 e. The van der Waals surface area contributed by atoms with Gasteiger partial charge in [-0.3, -0.25) is 4.68 Å². The standard InChI is InChI=1S/C15H21N5/c1-11-14(5-8-17-19-11)10-20-12(2)15(9-18-20)13-3-6-16-7-4-13/h5,8-9,13,16H,3-4,6-7,10H2,1-2H3. The Morgan fingerprint density at radius 2 is 2.10 bits per heavy atom. The van der Waals surface area contributed by atoms with Crippen LogP contribution < -0.4 is 5.32 Å². The number of nitrogens with zero attached hydrogens (tertiary/aromatic N) is 4. The molecule has 3 rings (SSSR count). The van der Waals surface area contributed by atoms with Gasteiger partial charge in [0, 0.05) is 11.9 Å². The fourth-order valence-electron chi connectivity index (χ4n) is 2.91. The zero-order valence-electron chi connectivity index (χ0n) is 12.1. The van der Waals surface area contributed by atoms with Crippen molar-refractivity contribution in [3.8, 4) is 0 Å². The van der Waals surface area contributed by atoms with Gasteiger partial charge in [-0.05, 0) is 62.9 Å². The first-order chi connectivity index (χ1) is 9.75. The molecule has 2 aromatic heterocycles. The van der Waals surface area contributed by atoms with Crippen LogP contribution >= 0.6 is 0 Å². The van der Waals surface area contributed by atoms with E-state index in [9.17, 15) is 0 Å². The molecule has 0 saturated carbocycles. The zero-order valence-corrected chi connectivity index (χ0v) is 12.1. The lowest BCUT2D eigenvalue weighted by Crippen LogP contribution is -2.26. The minimum atomic E-state index is 0.654. The summed E-state index contributed by atoms with van der Waals surface area (Å²) in [7, 11) is 0. The maximum atomic E-state index is 4.58. The van der Waals surface area contributed by atoms with Gasteiger partial charge >= 0.3 is 0 Å². The molecule has 0 aliphatic carbocycles. The largest absolute Gasteiger partial charge is 0.317 e. The Bertz CT molecular complexity index is 584. The summed E-state index contributed by atoms with van der Waals surface area (Å²) in [5.41, 5.74) is 4.85. The molecule has 0 atom stereocenters. The number of hydrogen-bond acceptors (Lipinski definition) is 4. The van der Waals surface area contributed by atoms with Gasteiger partial charge in [0.1, 0.15) is 0 Å². The molecule has 1 aliphatic heterocycles. The number of hydrogen-bond donors (Lipinski definition) is 1. The Balaban J connectivity index is 1.81. The van der Waals surface area contributed by atoms with Gasteiger partial charge in [-0.1, -0.05) is 0 Å². The molecule has 5 heteroatoms. The Morgan fingerprint density at radius 3 is 2.85 bits per heavy atom. The van der Waals surface area contributed by atoms with Gasteiger partial charge in [0.25, 0.3) is 0 Å². The zero-order chi connectivity index (χ0) is 13.9. The van der Waals surface area contributed by atoms with Crippen molar-refractivity contribution < 1.29 is 0 Å². The fraction of sp³-hybridized carbons (Fsp3) is 0.533. The lowest BCUT2D eigenvalue weighted by Gasteiger charge is -2.22. The van der Waals surface area contributed by atoms with E-state index >= 15 is 0 Å². The van der Waals surface area contributed by atoms with E-state index in [1.807, 2.05) is 13.0 Å². The molecular formula is C15H21N5. The summed E-state index contributed by atoms with van der Waals surface area (Å²) >= 11 is 0. The van der Waals surface area contributed by atoms with Crippen LogP contribution in [0.15, 0.2) is 18.5 Å². The fourth-order valence-corrected chi connectivity index (χ4v) is 2.91. The molecule has 5 nitrogen and oxygen atoms in total. The SMILES string of the molecule is Cc1nnccc1Cn1ncc(C2CCNCC2)c1C. The van der Waals surface area contributed by atoms with Gasteiger partial charge in [-0.2, -0.15) is 15.3 Å². The normalized spacial score (nSPS) is 16.5. The highest BCUT2D eigenvalue weighted by Gasteiger charge is 2.20. The van der Waals surface area contributed by atoms with Crippen LogP contribution in [-0.2, 0) is 6.54 Å². The summed E-state index contributed by atoms with van der Waals surface area (Å²) in [6.07, 6.45) is 6.22. The minimum absolute atomic E-state index is 0.654. The monoisotopic (exact) mass is 271 g/mol. The molecule has 0 amide bonds. The molecule has 0 bridgehead atoms. The molecule has 20 heavy (non-hydrogen) atoms. The third-order valence-electron chi connectivity index (χ3n) is 4.26. The lowest BCUT2D eigenvalue weighted by molar-refractivity contribution is 0.458. The van der Waals surface area contributed by atoms with Crippen molar-refractivity contribution in [3.63, 3.8) is 0 Å². The van der Waals surface area contributed by atoms with Crippen LogP contribution in [0.25, 0.3) is 0 Å². The smallest absolute Gasteiger partial charge is 0.0681 e. The highest BCUT2D eigenvalue weighted by Crippen LogP contribution is 2.27. The van der Waals surface area contributed by atoms with Crippen molar-refractivity contribution in [3.05, 3.63) is 41.0 Å². The lowest BCUT2D eigenvalue weighted by atomic mass is 9.91. The van der Waals surface area contributed by atoms with Crippen molar-refractivity contribution in [1.82, 2.24) is 25.3 Å². The van der Waals surface area contributed by atoms with Crippen LogP contribution in [0.2, 0.25) is 0 Å². The van der Waals surface area contributed by atoms with E-state index in [1.54, 1.807) is 6.20 Å². The van der Waals surface area contributed by atoms with Gasteiger partial charge in [0.05, 0.1) is 18.4 Å². The van der Waals surface area contributed by atoms with Crippen LogP contribution in [0.3, 0.4) is 0 Å². The van der Waals surface area contributed by atoms with E-state index in [2.05, 4.69) is 38.4 Å². The van der Waals surface area contributed by atoms with Crippen LogP contribution in [0.4, 0.5) is 0 Å². The molecule has 0 aromatic carbocycles. The maximum absolute atomic E-state index is 4.58. The molecule has 3 heterocycles. The molecule has 0 spiro atoms. The van der Waals surface area contributed by atoms with E-state index in [0.717, 1.165) is 25.3 Å². The van der Waals surface area contributed by atoms with Crippen LogP contribution in [-0.4, -0.2) is 33.1 Å². The summed E-state index contributed by atoms with van der Waals surface area (Å²) in [5.74, 6) is 0.654. The minimum Gasteiger partial charge on any atom is -0.317 e. The Labute approximate surface area is 119 Å². The van der Waals surface area contributed by atoms with Gasteiger partial charge < -0.3 is 5.32 Å². The Morgan fingerprint density at radius 1 is 1.30 bits per heavy atom. The second-order valence-corrected chi connectivity index (χ2v) is 5.51. The molecule has 0 radical (unpaired) electrons. The quantitative estimate of drug-likeness (QED) is 0.925. The summed E-state index contributed by atoms with van der Waals surface area (Å²) < 4.78 is 2.08. The van der Waals surface area contributed by atoms with Crippen LogP contribution in [0.1, 0.15) is 41.3 Å². The second-order valence-electron chi connectivity index (χ2n) is 5.51. The first-order valence-corrected chi connectivity index (χ1v) is 7.26. The molecule has 106 valence electrons. The first-order valence-electron chi connectivity index (χ1n) is 7.26. The molecule has 1 aliphatic rings. The van der Waals surface area contributed by atoms with Gasteiger partial charge in [-0.25, -0.2) is 0 Å². The molecule has 1 saturated heterocycles. The van der Waals surface area contributed by atoms with Crippen molar-refractivity contribution in [2.45, 2.75) is 39.2 Å². The van der Waals surface area contributed by atoms with E-state index < -0.39 is 0 Å². The van der Waals surface area contributed by atoms with E-state index in [-0.39, 0.29) is 0 Å². The van der Waals surface area contributed by atoms with Crippen LogP contribution in [0.5, 0.6) is 0 Å². The topological polar surface area (TPSA) is 55.6 Å². The van der Waals surface area contributed by atoms with E-state index in [4.69, 9.17) is 0 Å². The van der Waals surface area contributed by atoms with Crippen molar-refractivity contribution in [2.24, 2.45) is 0 Å². The summed E-state index contributed by atoms with van der Waals surface area (Å²) in [5, 5.41) is 16.0. The van der Waals surface area contributed by atoms with E-state index in [0.29, 0.717) is 5.92 Å². The Hall–Kier alpha value is -1.75. The third-order valence-corrected chi connectivity index (χ3v) is 4.26. The summed E-state index contributed by atoms with van der Waals surface area (Å²) in [6, 6.07) is 2.02. The van der Waals surface area contributed by atoms with Crippen molar-refractivity contribution >= 4 is 0 Å². The predicted molar refractivity (Wildman–Crippen MR) is 77.7 cm³/mol. The number of rotatable bonds is 3. The molecule has 1 N–H and O–H groups in total. The number of aryl methyl sites for hydroxylation is 1. The number of nitrogens with one attached hydrogen (secondary N) is 1. The molecular weight excluding hydrogens is 250 g/mol. The Kier molecular flexibility index (Phi) is 3.78. The first kappa shape index (κ1) is 13.2. The summed E-state index contributed by atoms with van der Waals surface area (Å²) in [4.78, 5) is 0. The number of piperidine rings is 1. The third kappa shape index (κ3) is 2.58. The molecule has 1 fully saturated rings. The highest BCUT2D eigenvalue weighted by atomic mass is 15.3. The highest BCUT2D eigenvalue weighted by molar-refractivity contribution is 5.24. The van der Waals surface area contributed by atoms with E-state index in [1.165, 1.54) is 29.7 Å². The average Bonchev–Trinajstić information content (AvgIpc) is 2.84. The van der Waals surface area contributed by atoms with Gasteiger partial charge in [0.2, 0.25) is 0 Å². The molecule has 0 unspecified atom stereocenters. The molecule has 2 aromatic rings. The average molecular weight is 271 g/mol. The van der Waals surface area contributed by atoms with Gasteiger partial charge in [0.15, 0.2) is 0 Å². The van der Waals surface area contributed by atoms with Gasteiger partial charge in [-0.15, -0.1) is 0 Å². The van der Waals surface area contributed by atoms with Crippen LogP contribution in [0, 0.1) is 13.8 Å². The number of aromatic nitrogens is 4. The summed E-state index contributed by atoms with van der Waals surface area (Å²) in [6.45, 7) is 7.17. The van der Waals surface area contributed by atoms with Crippen molar-refractivity contribution in [1.29, 1.82) is 0 Å². The predicted octanol–water partition coefficient (Wildman–Crippen LogP) is 1.81. The second kappa shape index (κ2) is 5.71. The van der Waals surface area contributed by atoms with Crippen molar-refractivity contribution in [2.75, 3.05) is 13.1 Å².